The molecule has 2 aromatic rings. The molecule has 2 aromatic carbocycles. The van der Waals surface area contributed by atoms with Gasteiger partial charge in [-0.1, -0.05) is 24.3 Å². The Morgan fingerprint density at radius 2 is 1.48 bits per heavy atom. The molecule has 5 heteroatoms. The van der Waals surface area contributed by atoms with Crippen LogP contribution in [-0.2, 0) is 6.42 Å². The van der Waals surface area contributed by atoms with Crippen LogP contribution in [-0.4, -0.2) is 51.8 Å². The quantitative estimate of drug-likeness (QED) is 0.741. The molecular weight excluding hydrogens is 360 g/mol. The summed E-state index contributed by atoms with van der Waals surface area (Å²) in [6, 6.07) is 12.8. The molecule has 1 aliphatic heterocycles. The lowest BCUT2D eigenvalue weighted by Gasteiger charge is -2.37. The minimum atomic E-state index is 0. The molecule has 4 nitrogen and oxygen atoms in total. The average molecular weight is 391 g/mol. The van der Waals surface area contributed by atoms with Gasteiger partial charge in [-0.05, 0) is 49.1 Å². The molecule has 0 atom stereocenters. The summed E-state index contributed by atoms with van der Waals surface area (Å²) in [4.78, 5) is 5.10. The molecule has 1 heterocycles. The molecule has 27 heavy (non-hydrogen) atoms. The fourth-order valence-corrected chi connectivity index (χ4v) is 3.82. The van der Waals surface area contributed by atoms with Gasteiger partial charge in [-0.25, -0.2) is 0 Å². The highest BCUT2D eigenvalue weighted by Crippen LogP contribution is 2.28. The Balaban J connectivity index is 0.00000261. The molecular formula is C22H31ClN2O2. The molecule has 0 aliphatic carbocycles. The molecule has 0 spiro atoms. The van der Waals surface area contributed by atoms with Crippen molar-refractivity contribution < 1.29 is 9.47 Å². The van der Waals surface area contributed by atoms with Crippen molar-refractivity contribution in [2.75, 3.05) is 51.8 Å². The first-order valence-corrected chi connectivity index (χ1v) is 9.37. The summed E-state index contributed by atoms with van der Waals surface area (Å²) in [5, 5.41) is 0. The fraction of sp³-hybridized carbons (Fsp3) is 0.455. The Kier molecular flexibility index (Phi) is 7.81. The Bertz CT molecular complexity index is 723. The molecule has 0 unspecified atom stereocenters. The minimum absolute atomic E-state index is 0. The number of rotatable bonds is 6. The van der Waals surface area contributed by atoms with E-state index in [9.17, 15) is 0 Å². The Labute approximate surface area is 169 Å². The van der Waals surface area contributed by atoms with Crippen molar-refractivity contribution in [3.63, 3.8) is 0 Å². The molecule has 0 radical (unpaired) electrons. The van der Waals surface area contributed by atoms with Crippen LogP contribution in [0.3, 0.4) is 0 Å². The van der Waals surface area contributed by atoms with Gasteiger partial charge in [0.2, 0.25) is 0 Å². The summed E-state index contributed by atoms with van der Waals surface area (Å²) in [6.07, 6.45) is 1.03. The molecule has 0 bridgehead atoms. The number of methoxy groups -OCH3 is 2. The van der Waals surface area contributed by atoms with Crippen molar-refractivity contribution in [1.82, 2.24) is 4.90 Å². The summed E-state index contributed by atoms with van der Waals surface area (Å²) in [6.45, 7) is 9.92. The van der Waals surface area contributed by atoms with E-state index in [4.69, 9.17) is 9.47 Å². The van der Waals surface area contributed by atoms with Crippen LogP contribution in [0, 0.1) is 13.8 Å². The number of anilines is 1. The SMILES string of the molecule is COc1ccc(CCN2CCN(c3c(C)cccc3C)CC2)cc1OC.Cl. The van der Waals surface area contributed by atoms with Gasteiger partial charge >= 0.3 is 0 Å². The van der Waals surface area contributed by atoms with E-state index in [1.807, 2.05) is 6.07 Å². The number of nitrogens with zero attached hydrogens (tertiary/aromatic N) is 2. The van der Waals surface area contributed by atoms with Crippen LogP contribution in [0.5, 0.6) is 11.5 Å². The van der Waals surface area contributed by atoms with Gasteiger partial charge in [0.05, 0.1) is 14.2 Å². The first-order valence-electron chi connectivity index (χ1n) is 9.37. The predicted octanol–water partition coefficient (Wildman–Crippen LogP) is 4.11. The van der Waals surface area contributed by atoms with Crippen molar-refractivity contribution in [1.29, 1.82) is 0 Å². The molecule has 0 saturated carbocycles. The maximum absolute atomic E-state index is 5.41. The van der Waals surface area contributed by atoms with Crippen molar-refractivity contribution in [3.8, 4) is 11.5 Å². The van der Waals surface area contributed by atoms with Crippen molar-refractivity contribution in [2.24, 2.45) is 0 Å². The maximum Gasteiger partial charge on any atom is 0.160 e. The first kappa shape index (κ1) is 21.4. The standard InChI is InChI=1S/C22H30N2O2.ClH/c1-17-6-5-7-18(2)22(17)24-14-12-23(13-15-24)11-10-19-8-9-20(25-3)21(16-19)26-4;/h5-9,16H,10-15H2,1-4H3;1H. The molecule has 3 rings (SSSR count). The van der Waals surface area contributed by atoms with Crippen LogP contribution in [0.1, 0.15) is 16.7 Å². The van der Waals surface area contributed by atoms with E-state index >= 15 is 0 Å². The monoisotopic (exact) mass is 390 g/mol. The lowest BCUT2D eigenvalue weighted by molar-refractivity contribution is 0.260. The number of hydrogen-bond donors (Lipinski definition) is 0. The number of piperazine rings is 1. The number of ether oxygens (including phenoxy) is 2. The van der Waals surface area contributed by atoms with E-state index in [0.29, 0.717) is 0 Å². The molecule has 0 amide bonds. The lowest BCUT2D eigenvalue weighted by Crippen LogP contribution is -2.47. The molecule has 148 valence electrons. The molecule has 0 aromatic heterocycles. The normalized spacial score (nSPS) is 14.6. The third-order valence-corrected chi connectivity index (χ3v) is 5.29. The summed E-state index contributed by atoms with van der Waals surface area (Å²) in [5.41, 5.74) is 5.47. The third kappa shape index (κ3) is 5.08. The number of aryl methyl sites for hydroxylation is 2. The van der Waals surface area contributed by atoms with Crippen LogP contribution in [0.4, 0.5) is 5.69 Å². The fourth-order valence-electron chi connectivity index (χ4n) is 3.82. The van der Waals surface area contributed by atoms with Gasteiger partial charge in [0.25, 0.3) is 0 Å². The van der Waals surface area contributed by atoms with Crippen molar-refractivity contribution in [3.05, 3.63) is 53.1 Å². The van der Waals surface area contributed by atoms with E-state index in [-0.39, 0.29) is 12.4 Å². The van der Waals surface area contributed by atoms with Crippen molar-refractivity contribution in [2.45, 2.75) is 20.3 Å². The highest BCUT2D eigenvalue weighted by atomic mass is 35.5. The number of hydrogen-bond acceptors (Lipinski definition) is 4. The summed E-state index contributed by atoms with van der Waals surface area (Å²) in [7, 11) is 3.36. The third-order valence-electron chi connectivity index (χ3n) is 5.29. The minimum Gasteiger partial charge on any atom is -0.493 e. The van der Waals surface area contributed by atoms with E-state index in [2.05, 4.69) is 54.0 Å². The highest BCUT2D eigenvalue weighted by Gasteiger charge is 2.19. The van der Waals surface area contributed by atoms with Crippen LogP contribution >= 0.6 is 12.4 Å². The molecule has 1 aliphatic rings. The summed E-state index contributed by atoms with van der Waals surface area (Å²) >= 11 is 0. The van der Waals surface area contributed by atoms with Gasteiger partial charge in [-0.2, -0.15) is 0 Å². The van der Waals surface area contributed by atoms with Crippen LogP contribution < -0.4 is 14.4 Å². The second kappa shape index (κ2) is 9.86. The van der Waals surface area contributed by atoms with Gasteiger partial charge < -0.3 is 14.4 Å². The maximum atomic E-state index is 5.41. The van der Waals surface area contributed by atoms with E-state index in [1.165, 1.54) is 22.4 Å². The first-order chi connectivity index (χ1) is 12.6. The van der Waals surface area contributed by atoms with Crippen LogP contribution in [0.15, 0.2) is 36.4 Å². The predicted molar refractivity (Wildman–Crippen MR) is 115 cm³/mol. The van der Waals surface area contributed by atoms with Gasteiger partial charge in [0.15, 0.2) is 11.5 Å². The lowest BCUT2D eigenvalue weighted by atomic mass is 10.1. The molecule has 1 saturated heterocycles. The Morgan fingerprint density at radius 3 is 2.07 bits per heavy atom. The van der Waals surface area contributed by atoms with Crippen LogP contribution in [0.2, 0.25) is 0 Å². The molecule has 0 N–H and O–H groups in total. The van der Waals surface area contributed by atoms with E-state index < -0.39 is 0 Å². The van der Waals surface area contributed by atoms with Crippen molar-refractivity contribution >= 4 is 18.1 Å². The summed E-state index contributed by atoms with van der Waals surface area (Å²) in [5.74, 6) is 1.60. The largest absolute Gasteiger partial charge is 0.493 e. The van der Waals surface area contributed by atoms with Gasteiger partial charge in [-0.3, -0.25) is 4.90 Å². The Hall–Kier alpha value is -1.91. The average Bonchev–Trinajstić information content (AvgIpc) is 2.67. The molecule has 1 fully saturated rings. The van der Waals surface area contributed by atoms with Crippen LogP contribution in [0.25, 0.3) is 0 Å². The summed E-state index contributed by atoms with van der Waals surface area (Å²) < 4.78 is 10.7. The second-order valence-electron chi connectivity index (χ2n) is 7.01. The number of para-hydroxylation sites is 1. The number of halogens is 1. The zero-order chi connectivity index (χ0) is 18.5. The Morgan fingerprint density at radius 1 is 0.852 bits per heavy atom. The smallest absolute Gasteiger partial charge is 0.160 e. The second-order valence-corrected chi connectivity index (χ2v) is 7.01. The zero-order valence-electron chi connectivity index (χ0n) is 16.8. The van der Waals surface area contributed by atoms with E-state index in [0.717, 1.165) is 50.6 Å². The topological polar surface area (TPSA) is 24.9 Å². The van der Waals surface area contributed by atoms with Gasteiger partial charge in [-0.15, -0.1) is 12.4 Å². The zero-order valence-corrected chi connectivity index (χ0v) is 17.6. The number of benzene rings is 2. The van der Waals surface area contributed by atoms with E-state index in [1.54, 1.807) is 14.2 Å². The highest BCUT2D eigenvalue weighted by molar-refractivity contribution is 5.85. The van der Waals surface area contributed by atoms with Gasteiger partial charge in [0.1, 0.15) is 0 Å². The van der Waals surface area contributed by atoms with Gasteiger partial charge in [0, 0.05) is 38.4 Å².